The normalized spacial score (nSPS) is 12.8. The molecule has 2 aromatic rings. The van der Waals surface area contributed by atoms with Gasteiger partial charge in [0.2, 0.25) is 0 Å². The first-order chi connectivity index (χ1) is 11.3. The molecule has 0 spiro atoms. The second-order valence-electron chi connectivity index (χ2n) is 5.67. The van der Waals surface area contributed by atoms with Gasteiger partial charge in [-0.25, -0.2) is 0 Å². The zero-order valence-electron chi connectivity index (χ0n) is 13.2. The van der Waals surface area contributed by atoms with Crippen molar-refractivity contribution in [3.8, 4) is 5.75 Å². The largest absolute Gasteiger partial charge is 0.484 e. The summed E-state index contributed by atoms with van der Waals surface area (Å²) in [6.45, 7) is 2.79. The zero-order chi connectivity index (χ0) is 15.9. The topological polar surface area (TPSA) is 41.6 Å². The van der Waals surface area contributed by atoms with Crippen molar-refractivity contribution in [2.45, 2.75) is 12.8 Å². The lowest BCUT2D eigenvalue weighted by molar-refractivity contribution is -0.123. The van der Waals surface area contributed by atoms with Gasteiger partial charge in [0.25, 0.3) is 5.91 Å². The molecule has 0 atom stereocenters. The van der Waals surface area contributed by atoms with Crippen molar-refractivity contribution >= 4 is 11.6 Å². The van der Waals surface area contributed by atoms with Gasteiger partial charge in [-0.05, 0) is 36.6 Å². The molecule has 0 saturated heterocycles. The molecule has 1 amide bonds. The highest BCUT2D eigenvalue weighted by molar-refractivity contribution is 5.77. The van der Waals surface area contributed by atoms with Gasteiger partial charge in [-0.15, -0.1) is 0 Å². The van der Waals surface area contributed by atoms with E-state index in [1.807, 2.05) is 30.3 Å². The van der Waals surface area contributed by atoms with Gasteiger partial charge < -0.3 is 15.0 Å². The fraction of sp³-hybridized carbons (Fsp3) is 0.316. The third kappa shape index (κ3) is 4.25. The number of fused-ring (bicyclic) bond motifs is 1. The molecule has 0 unspecified atom stereocenters. The number of anilines is 1. The van der Waals surface area contributed by atoms with Gasteiger partial charge in [0.1, 0.15) is 5.75 Å². The third-order valence-corrected chi connectivity index (χ3v) is 4.02. The van der Waals surface area contributed by atoms with Crippen LogP contribution in [0.2, 0.25) is 0 Å². The van der Waals surface area contributed by atoms with Crippen molar-refractivity contribution < 1.29 is 9.53 Å². The van der Waals surface area contributed by atoms with Crippen molar-refractivity contribution in [2.24, 2.45) is 0 Å². The van der Waals surface area contributed by atoms with Gasteiger partial charge in [-0.2, -0.15) is 0 Å². The Morgan fingerprint density at radius 2 is 1.87 bits per heavy atom. The standard InChI is InChI=1S/C19H22N2O2/c22-19(15-23-17-8-2-1-3-9-17)20-12-6-13-21-14-11-16-7-4-5-10-18(16)21/h1-5,7-10H,6,11-15H2,(H,20,22). The number of benzene rings is 2. The van der Waals surface area contributed by atoms with E-state index in [1.165, 1.54) is 11.3 Å². The maximum Gasteiger partial charge on any atom is 0.257 e. The molecule has 4 heteroatoms. The lowest BCUT2D eigenvalue weighted by atomic mass is 10.2. The highest BCUT2D eigenvalue weighted by Gasteiger charge is 2.17. The first-order valence-corrected chi connectivity index (χ1v) is 8.10. The third-order valence-electron chi connectivity index (χ3n) is 4.02. The van der Waals surface area contributed by atoms with E-state index in [0.717, 1.165) is 31.7 Å². The summed E-state index contributed by atoms with van der Waals surface area (Å²) in [6, 6.07) is 17.9. The summed E-state index contributed by atoms with van der Waals surface area (Å²) in [4.78, 5) is 14.2. The van der Waals surface area contributed by atoms with Gasteiger partial charge in [0.15, 0.2) is 6.61 Å². The smallest absolute Gasteiger partial charge is 0.257 e. The van der Waals surface area contributed by atoms with Crippen LogP contribution in [0.3, 0.4) is 0 Å². The maximum absolute atomic E-state index is 11.8. The molecule has 2 aromatic carbocycles. The second kappa shape index (κ2) is 7.68. The van der Waals surface area contributed by atoms with Crippen LogP contribution in [0.25, 0.3) is 0 Å². The van der Waals surface area contributed by atoms with E-state index >= 15 is 0 Å². The number of carbonyl (C=O) groups is 1. The predicted octanol–water partition coefficient (Wildman–Crippen LogP) is 2.63. The van der Waals surface area contributed by atoms with Crippen LogP contribution in [0.15, 0.2) is 54.6 Å². The summed E-state index contributed by atoms with van der Waals surface area (Å²) >= 11 is 0. The number of rotatable bonds is 7. The first kappa shape index (κ1) is 15.4. The molecule has 1 N–H and O–H groups in total. The van der Waals surface area contributed by atoms with Crippen molar-refractivity contribution in [1.82, 2.24) is 5.32 Å². The lowest BCUT2D eigenvalue weighted by Crippen LogP contribution is -2.32. The van der Waals surface area contributed by atoms with E-state index in [2.05, 4.69) is 34.5 Å². The molecule has 1 aliphatic rings. The minimum atomic E-state index is -0.0734. The number of amides is 1. The second-order valence-corrected chi connectivity index (χ2v) is 5.67. The molecule has 3 rings (SSSR count). The highest BCUT2D eigenvalue weighted by Crippen LogP contribution is 2.27. The number of carbonyl (C=O) groups excluding carboxylic acids is 1. The lowest BCUT2D eigenvalue weighted by Gasteiger charge is -2.19. The Morgan fingerprint density at radius 1 is 1.09 bits per heavy atom. The highest BCUT2D eigenvalue weighted by atomic mass is 16.5. The van der Waals surface area contributed by atoms with Crippen LogP contribution >= 0.6 is 0 Å². The Morgan fingerprint density at radius 3 is 2.74 bits per heavy atom. The maximum atomic E-state index is 11.8. The number of para-hydroxylation sites is 2. The predicted molar refractivity (Wildman–Crippen MR) is 91.9 cm³/mol. The van der Waals surface area contributed by atoms with E-state index in [-0.39, 0.29) is 12.5 Å². The number of hydrogen-bond donors (Lipinski definition) is 1. The molecule has 0 bridgehead atoms. The van der Waals surface area contributed by atoms with Crippen LogP contribution in [-0.2, 0) is 11.2 Å². The zero-order valence-corrected chi connectivity index (χ0v) is 13.2. The van der Waals surface area contributed by atoms with Crippen LogP contribution in [0.1, 0.15) is 12.0 Å². The van der Waals surface area contributed by atoms with Crippen molar-refractivity contribution in [2.75, 3.05) is 31.1 Å². The molecule has 23 heavy (non-hydrogen) atoms. The molecule has 1 aliphatic heterocycles. The van der Waals surface area contributed by atoms with Gasteiger partial charge in [0, 0.05) is 25.3 Å². The average Bonchev–Trinajstić information content (AvgIpc) is 3.01. The SMILES string of the molecule is O=C(COc1ccccc1)NCCCN1CCc2ccccc21. The van der Waals surface area contributed by atoms with Crippen LogP contribution in [0, 0.1) is 0 Å². The van der Waals surface area contributed by atoms with E-state index in [0.29, 0.717) is 6.54 Å². The number of nitrogens with zero attached hydrogens (tertiary/aromatic N) is 1. The summed E-state index contributed by atoms with van der Waals surface area (Å²) in [5.41, 5.74) is 2.76. The number of hydrogen-bond acceptors (Lipinski definition) is 3. The quantitative estimate of drug-likeness (QED) is 0.799. The Labute approximate surface area is 137 Å². The van der Waals surface area contributed by atoms with Crippen LogP contribution in [-0.4, -0.2) is 32.1 Å². The van der Waals surface area contributed by atoms with Gasteiger partial charge in [-0.1, -0.05) is 36.4 Å². The van der Waals surface area contributed by atoms with E-state index in [9.17, 15) is 4.79 Å². The Hall–Kier alpha value is -2.49. The molecule has 120 valence electrons. The van der Waals surface area contributed by atoms with Crippen LogP contribution in [0.5, 0.6) is 5.75 Å². The van der Waals surface area contributed by atoms with Crippen molar-refractivity contribution in [3.63, 3.8) is 0 Å². The average molecular weight is 310 g/mol. The molecular weight excluding hydrogens is 288 g/mol. The summed E-state index contributed by atoms with van der Waals surface area (Å²) < 4.78 is 5.42. The molecule has 1 heterocycles. The van der Waals surface area contributed by atoms with E-state index < -0.39 is 0 Å². The fourth-order valence-corrected chi connectivity index (χ4v) is 2.85. The van der Waals surface area contributed by atoms with Crippen LogP contribution < -0.4 is 15.0 Å². The summed E-state index contributed by atoms with van der Waals surface area (Å²) in [6.07, 6.45) is 2.05. The molecule has 0 radical (unpaired) electrons. The van der Waals surface area contributed by atoms with Gasteiger partial charge >= 0.3 is 0 Å². The van der Waals surface area contributed by atoms with Crippen LogP contribution in [0.4, 0.5) is 5.69 Å². The minimum absolute atomic E-state index is 0.0660. The molecule has 0 aliphatic carbocycles. The van der Waals surface area contributed by atoms with Gasteiger partial charge in [0.05, 0.1) is 0 Å². The monoisotopic (exact) mass is 310 g/mol. The van der Waals surface area contributed by atoms with Crippen molar-refractivity contribution in [3.05, 3.63) is 60.2 Å². The summed E-state index contributed by atoms with van der Waals surface area (Å²) in [5.74, 6) is 0.645. The minimum Gasteiger partial charge on any atom is -0.484 e. The van der Waals surface area contributed by atoms with Gasteiger partial charge in [-0.3, -0.25) is 4.79 Å². The first-order valence-electron chi connectivity index (χ1n) is 8.10. The molecule has 0 aromatic heterocycles. The fourth-order valence-electron chi connectivity index (χ4n) is 2.85. The number of ether oxygens (including phenoxy) is 1. The molecule has 0 saturated carbocycles. The summed E-state index contributed by atoms with van der Waals surface area (Å²) in [5, 5.41) is 2.91. The van der Waals surface area contributed by atoms with E-state index in [4.69, 9.17) is 4.74 Å². The number of nitrogens with one attached hydrogen (secondary N) is 1. The van der Waals surface area contributed by atoms with Crippen molar-refractivity contribution in [1.29, 1.82) is 0 Å². The Bertz CT molecular complexity index is 643. The summed E-state index contributed by atoms with van der Waals surface area (Å²) in [7, 11) is 0. The Kier molecular flexibility index (Phi) is 5.14. The Balaban J connectivity index is 1.33. The molecule has 0 fully saturated rings. The molecular formula is C19H22N2O2. The molecule has 4 nitrogen and oxygen atoms in total. The van der Waals surface area contributed by atoms with E-state index in [1.54, 1.807) is 0 Å².